The number of ether oxygens (including phenoxy) is 1. The number of rotatable bonds is 4. The van der Waals surface area contributed by atoms with Crippen molar-refractivity contribution in [3.63, 3.8) is 0 Å². The molecule has 5 aromatic rings. The lowest BCUT2D eigenvalue weighted by molar-refractivity contribution is 0.112. The molecule has 0 amide bonds. The first-order chi connectivity index (χ1) is 14.9. The molecule has 0 aliphatic carbocycles. The third-order valence-corrected chi connectivity index (χ3v) is 5.41. The molecule has 2 aromatic heterocycles. The van der Waals surface area contributed by atoms with E-state index in [1.54, 1.807) is 37.3 Å². The molecule has 0 unspecified atom stereocenters. The minimum absolute atomic E-state index is 0.00432. The molecule has 0 bridgehead atoms. The third-order valence-electron chi connectivity index (χ3n) is 5.41. The Hall–Kier alpha value is -4.00. The van der Waals surface area contributed by atoms with E-state index >= 15 is 4.39 Å². The van der Waals surface area contributed by atoms with Gasteiger partial charge in [0.15, 0.2) is 5.82 Å². The highest BCUT2D eigenvalue weighted by molar-refractivity contribution is 5.89. The Morgan fingerprint density at radius 2 is 1.94 bits per heavy atom. The molecule has 1 N–H and O–H groups in total. The van der Waals surface area contributed by atoms with Crippen molar-refractivity contribution >= 4 is 28.2 Å². The highest BCUT2D eigenvalue weighted by Crippen LogP contribution is 2.34. The molecule has 0 radical (unpaired) electrons. The molecule has 0 aliphatic heterocycles. The molecule has 0 saturated heterocycles. The molecule has 3 aromatic carbocycles. The monoisotopic (exact) mass is 417 g/mol. The number of H-pyrrole nitrogens is 1. The number of fused-ring (bicyclic) bond motifs is 2. The summed E-state index contributed by atoms with van der Waals surface area (Å²) in [5.41, 5.74) is 2.68. The number of carbonyl (C=O) groups is 1. The summed E-state index contributed by atoms with van der Waals surface area (Å²) >= 11 is 0. The molecule has 7 heteroatoms. The van der Waals surface area contributed by atoms with E-state index in [1.807, 2.05) is 29.9 Å². The van der Waals surface area contributed by atoms with Crippen molar-refractivity contribution in [2.45, 2.75) is 6.92 Å². The highest BCUT2D eigenvalue weighted by atomic mass is 19.1. The number of halogens is 2. The van der Waals surface area contributed by atoms with Crippen LogP contribution in [0, 0.1) is 18.6 Å². The molecule has 0 aliphatic rings. The first kappa shape index (κ1) is 19.0. The Morgan fingerprint density at radius 1 is 1.10 bits per heavy atom. The van der Waals surface area contributed by atoms with Crippen molar-refractivity contribution in [1.82, 2.24) is 14.5 Å². The number of carbonyl (C=O) groups excluding carboxylic acids is 1. The zero-order chi connectivity index (χ0) is 21.7. The number of hydrogen-bond donors (Lipinski definition) is 1. The standard InChI is InChI=1S/C24H17F2N3O2/c1-13-3-5-17(10-16(13)12-30)31-24-27-19-11-18(25)21(22(26)23(19)28-24)15-4-6-20-14(9-15)7-8-29(20)2/h3-12H,1-2H3,(H,27,28). The fraction of sp³-hybridized carbons (Fsp3) is 0.0833. The topological polar surface area (TPSA) is 59.9 Å². The van der Waals surface area contributed by atoms with Crippen molar-refractivity contribution in [2.24, 2.45) is 7.05 Å². The Kier molecular flexibility index (Phi) is 4.32. The lowest BCUT2D eigenvalue weighted by Crippen LogP contribution is -1.93. The van der Waals surface area contributed by atoms with Crippen LogP contribution in [-0.4, -0.2) is 20.8 Å². The summed E-state index contributed by atoms with van der Waals surface area (Å²) in [7, 11) is 1.91. The van der Waals surface area contributed by atoms with Crippen LogP contribution in [-0.2, 0) is 7.05 Å². The molecule has 5 rings (SSSR count). The van der Waals surface area contributed by atoms with E-state index in [-0.39, 0.29) is 22.6 Å². The number of aldehydes is 1. The number of aromatic nitrogens is 3. The van der Waals surface area contributed by atoms with E-state index < -0.39 is 11.6 Å². The van der Waals surface area contributed by atoms with Gasteiger partial charge in [0.05, 0.1) is 11.1 Å². The summed E-state index contributed by atoms with van der Waals surface area (Å²) in [5, 5.41) is 0.885. The fourth-order valence-corrected chi connectivity index (χ4v) is 3.73. The van der Waals surface area contributed by atoms with Gasteiger partial charge >= 0.3 is 0 Å². The van der Waals surface area contributed by atoms with Gasteiger partial charge in [0.1, 0.15) is 23.4 Å². The van der Waals surface area contributed by atoms with Crippen LogP contribution >= 0.6 is 0 Å². The second-order valence-electron chi connectivity index (χ2n) is 7.42. The number of aromatic amines is 1. The van der Waals surface area contributed by atoms with Crippen LogP contribution in [0.5, 0.6) is 11.8 Å². The van der Waals surface area contributed by atoms with E-state index in [0.717, 1.165) is 22.8 Å². The number of nitrogens with one attached hydrogen (secondary N) is 1. The van der Waals surface area contributed by atoms with Gasteiger partial charge in [-0.05, 0) is 48.4 Å². The van der Waals surface area contributed by atoms with E-state index in [0.29, 0.717) is 16.9 Å². The van der Waals surface area contributed by atoms with Gasteiger partial charge in [0.2, 0.25) is 0 Å². The van der Waals surface area contributed by atoms with Gasteiger partial charge in [-0.15, -0.1) is 0 Å². The number of imidazole rings is 1. The van der Waals surface area contributed by atoms with Crippen LogP contribution in [0.3, 0.4) is 0 Å². The van der Waals surface area contributed by atoms with Gasteiger partial charge in [-0.2, -0.15) is 4.98 Å². The van der Waals surface area contributed by atoms with Crippen LogP contribution < -0.4 is 4.74 Å². The molecular formula is C24H17F2N3O2. The van der Waals surface area contributed by atoms with E-state index in [2.05, 4.69) is 9.97 Å². The number of benzene rings is 3. The zero-order valence-corrected chi connectivity index (χ0v) is 16.7. The molecule has 2 heterocycles. The largest absolute Gasteiger partial charge is 0.426 e. The lowest BCUT2D eigenvalue weighted by atomic mass is 10.0. The normalized spacial score (nSPS) is 11.4. The van der Waals surface area contributed by atoms with E-state index in [9.17, 15) is 9.18 Å². The molecular weight excluding hydrogens is 400 g/mol. The maximum Gasteiger partial charge on any atom is 0.300 e. The second-order valence-corrected chi connectivity index (χ2v) is 7.42. The predicted molar refractivity (Wildman–Crippen MR) is 115 cm³/mol. The van der Waals surface area contributed by atoms with E-state index in [4.69, 9.17) is 4.74 Å². The van der Waals surface area contributed by atoms with Crippen LogP contribution in [0.2, 0.25) is 0 Å². The second kappa shape index (κ2) is 7.05. The first-order valence-corrected chi connectivity index (χ1v) is 9.61. The molecule has 0 fully saturated rings. The first-order valence-electron chi connectivity index (χ1n) is 9.61. The van der Waals surface area contributed by atoms with Gasteiger partial charge < -0.3 is 14.3 Å². The fourth-order valence-electron chi connectivity index (χ4n) is 3.73. The summed E-state index contributed by atoms with van der Waals surface area (Å²) in [5.74, 6) is -1.11. The summed E-state index contributed by atoms with van der Waals surface area (Å²) in [6.07, 6.45) is 2.62. The van der Waals surface area contributed by atoms with Gasteiger partial charge in [0.25, 0.3) is 6.01 Å². The predicted octanol–water partition coefficient (Wildman–Crippen LogP) is 5.91. The van der Waals surface area contributed by atoms with Crippen LogP contribution in [0.4, 0.5) is 8.78 Å². The van der Waals surface area contributed by atoms with Crippen LogP contribution in [0.1, 0.15) is 15.9 Å². The summed E-state index contributed by atoms with van der Waals surface area (Å²) in [4.78, 5) is 18.1. The molecule has 0 saturated carbocycles. The van der Waals surface area contributed by atoms with E-state index in [1.165, 1.54) is 6.07 Å². The highest BCUT2D eigenvalue weighted by Gasteiger charge is 2.20. The van der Waals surface area contributed by atoms with Gasteiger partial charge in [0, 0.05) is 35.8 Å². The molecule has 154 valence electrons. The molecule has 5 nitrogen and oxygen atoms in total. The van der Waals surface area contributed by atoms with Crippen LogP contribution in [0.15, 0.2) is 54.7 Å². The van der Waals surface area contributed by atoms with Gasteiger partial charge in [-0.25, -0.2) is 8.78 Å². The number of aryl methyl sites for hydroxylation is 2. The maximum absolute atomic E-state index is 15.3. The zero-order valence-electron chi connectivity index (χ0n) is 16.7. The number of hydrogen-bond acceptors (Lipinski definition) is 3. The van der Waals surface area contributed by atoms with Crippen molar-refractivity contribution < 1.29 is 18.3 Å². The summed E-state index contributed by atoms with van der Waals surface area (Å²) in [6, 6.07) is 13.3. The SMILES string of the molecule is Cc1ccc(Oc2nc3c(F)c(-c4ccc5c(ccn5C)c4)c(F)cc3[nH]2)cc1C=O. The van der Waals surface area contributed by atoms with Crippen LogP contribution in [0.25, 0.3) is 33.1 Å². The van der Waals surface area contributed by atoms with Gasteiger partial charge in [-0.1, -0.05) is 12.1 Å². The van der Waals surface area contributed by atoms with Crippen molar-refractivity contribution in [2.75, 3.05) is 0 Å². The van der Waals surface area contributed by atoms with Crippen molar-refractivity contribution in [3.8, 4) is 22.9 Å². The number of nitrogens with zero attached hydrogens (tertiary/aromatic N) is 2. The Labute approximate surface area is 175 Å². The van der Waals surface area contributed by atoms with Crippen molar-refractivity contribution in [3.05, 3.63) is 77.5 Å². The summed E-state index contributed by atoms with van der Waals surface area (Å²) in [6.45, 7) is 1.81. The van der Waals surface area contributed by atoms with Crippen molar-refractivity contribution in [1.29, 1.82) is 0 Å². The van der Waals surface area contributed by atoms with Gasteiger partial charge in [-0.3, -0.25) is 4.79 Å². The Balaban J connectivity index is 1.58. The summed E-state index contributed by atoms with van der Waals surface area (Å²) < 4.78 is 37.8. The quantitative estimate of drug-likeness (QED) is 0.370. The Morgan fingerprint density at radius 3 is 2.74 bits per heavy atom. The Bertz CT molecular complexity index is 1480. The molecule has 0 spiro atoms. The molecule has 0 atom stereocenters. The minimum atomic E-state index is -0.770. The maximum atomic E-state index is 15.3. The average molecular weight is 417 g/mol. The third kappa shape index (κ3) is 3.15. The average Bonchev–Trinajstić information content (AvgIpc) is 3.32. The smallest absolute Gasteiger partial charge is 0.300 e. The minimum Gasteiger partial charge on any atom is -0.426 e. The molecule has 31 heavy (non-hydrogen) atoms. The lowest BCUT2D eigenvalue weighted by Gasteiger charge is -2.07.